The number of hydrogen-bond acceptors (Lipinski definition) is 4. The average molecular weight is 277 g/mol. The lowest BCUT2D eigenvalue weighted by Gasteiger charge is -2.15. The standard InChI is InChI=1S/C14H15NO5/c1-8-4-10(14(19)20)5-9-2-3-12(18)15(13(8)9)6-11(17)7-16/h2-5,11,16-17H,6-7H2,1H3,(H,19,20). The van der Waals surface area contributed by atoms with E-state index in [0.29, 0.717) is 16.5 Å². The third-order valence-electron chi connectivity index (χ3n) is 3.12. The first-order valence-corrected chi connectivity index (χ1v) is 6.10. The van der Waals surface area contributed by atoms with Crippen LogP contribution in [0.25, 0.3) is 10.9 Å². The molecule has 0 spiro atoms. The molecule has 0 radical (unpaired) electrons. The molecule has 0 saturated carbocycles. The monoisotopic (exact) mass is 277 g/mol. The predicted octanol–water partition coefficient (Wildman–Crippen LogP) is 0.361. The summed E-state index contributed by atoms with van der Waals surface area (Å²) in [4.78, 5) is 22.9. The lowest BCUT2D eigenvalue weighted by Crippen LogP contribution is -2.28. The SMILES string of the molecule is Cc1cc(C(=O)O)cc2ccc(=O)n(CC(O)CO)c12. The Balaban J connectivity index is 2.71. The number of fused-ring (bicyclic) bond motifs is 1. The maximum atomic E-state index is 11.9. The fourth-order valence-corrected chi connectivity index (χ4v) is 2.24. The summed E-state index contributed by atoms with van der Waals surface area (Å²) >= 11 is 0. The molecule has 106 valence electrons. The molecule has 0 fully saturated rings. The molecule has 3 N–H and O–H groups in total. The number of hydrogen-bond donors (Lipinski definition) is 3. The Morgan fingerprint density at radius 1 is 1.35 bits per heavy atom. The van der Waals surface area contributed by atoms with E-state index in [1.54, 1.807) is 13.0 Å². The van der Waals surface area contributed by atoms with Crippen LogP contribution < -0.4 is 5.56 Å². The molecule has 6 heteroatoms. The Kier molecular flexibility index (Phi) is 3.87. The van der Waals surface area contributed by atoms with Crippen molar-refractivity contribution in [1.29, 1.82) is 0 Å². The van der Waals surface area contributed by atoms with Crippen molar-refractivity contribution < 1.29 is 20.1 Å². The van der Waals surface area contributed by atoms with Crippen molar-refractivity contribution in [2.45, 2.75) is 19.6 Å². The number of aromatic carboxylic acids is 1. The molecule has 0 saturated heterocycles. The van der Waals surface area contributed by atoms with Gasteiger partial charge in [0, 0.05) is 6.07 Å². The van der Waals surface area contributed by atoms with Crippen molar-refractivity contribution in [1.82, 2.24) is 4.57 Å². The minimum absolute atomic E-state index is 0.0417. The third-order valence-corrected chi connectivity index (χ3v) is 3.12. The van der Waals surface area contributed by atoms with Gasteiger partial charge in [-0.05, 0) is 36.1 Å². The van der Waals surface area contributed by atoms with E-state index in [4.69, 9.17) is 10.2 Å². The topological polar surface area (TPSA) is 99.8 Å². The summed E-state index contributed by atoms with van der Waals surface area (Å²) < 4.78 is 1.34. The van der Waals surface area contributed by atoms with E-state index in [0.717, 1.165) is 0 Å². The summed E-state index contributed by atoms with van der Waals surface area (Å²) in [7, 11) is 0. The highest BCUT2D eigenvalue weighted by atomic mass is 16.4. The maximum Gasteiger partial charge on any atom is 0.335 e. The number of carbonyl (C=O) groups is 1. The number of aryl methyl sites for hydroxylation is 1. The molecule has 20 heavy (non-hydrogen) atoms. The number of carboxylic acids is 1. The minimum Gasteiger partial charge on any atom is -0.478 e. The van der Waals surface area contributed by atoms with Crippen LogP contribution in [0, 0.1) is 6.92 Å². The van der Waals surface area contributed by atoms with Crippen LogP contribution in [0.4, 0.5) is 0 Å². The van der Waals surface area contributed by atoms with Gasteiger partial charge in [-0.25, -0.2) is 4.79 Å². The van der Waals surface area contributed by atoms with Gasteiger partial charge < -0.3 is 19.9 Å². The Bertz CT molecular complexity index is 719. The molecule has 0 bridgehead atoms. The number of aliphatic hydroxyl groups excluding tert-OH is 2. The molecule has 0 aliphatic heterocycles. The fraction of sp³-hybridized carbons (Fsp3) is 0.286. The second kappa shape index (κ2) is 5.44. The first-order chi connectivity index (χ1) is 9.43. The van der Waals surface area contributed by atoms with Crippen LogP contribution in [0.1, 0.15) is 15.9 Å². The number of aromatic nitrogens is 1. The van der Waals surface area contributed by atoms with Crippen molar-refractivity contribution in [2.75, 3.05) is 6.61 Å². The zero-order valence-corrected chi connectivity index (χ0v) is 10.9. The highest BCUT2D eigenvalue weighted by Gasteiger charge is 2.13. The van der Waals surface area contributed by atoms with Gasteiger partial charge in [0.15, 0.2) is 0 Å². The van der Waals surface area contributed by atoms with E-state index in [9.17, 15) is 14.7 Å². The zero-order valence-electron chi connectivity index (χ0n) is 10.9. The van der Waals surface area contributed by atoms with Gasteiger partial charge in [-0.3, -0.25) is 4.79 Å². The van der Waals surface area contributed by atoms with Crippen molar-refractivity contribution in [2.24, 2.45) is 0 Å². The number of benzene rings is 1. The van der Waals surface area contributed by atoms with Crippen molar-refractivity contribution in [3.05, 3.63) is 45.7 Å². The second-order valence-electron chi connectivity index (χ2n) is 4.65. The molecule has 6 nitrogen and oxygen atoms in total. The summed E-state index contributed by atoms with van der Waals surface area (Å²) in [6, 6.07) is 5.83. The molecule has 1 aromatic heterocycles. The molecule has 1 heterocycles. The van der Waals surface area contributed by atoms with Crippen molar-refractivity contribution in [3.8, 4) is 0 Å². The van der Waals surface area contributed by atoms with Gasteiger partial charge in [-0.1, -0.05) is 0 Å². The molecule has 1 atom stereocenters. The average Bonchev–Trinajstić information content (AvgIpc) is 2.41. The van der Waals surface area contributed by atoms with E-state index in [-0.39, 0.29) is 17.7 Å². The lowest BCUT2D eigenvalue weighted by molar-refractivity contribution is 0.0697. The summed E-state index contributed by atoms with van der Waals surface area (Å²) in [5, 5.41) is 28.1. The minimum atomic E-state index is -1.04. The molecular weight excluding hydrogens is 262 g/mol. The highest BCUT2D eigenvalue weighted by molar-refractivity contribution is 5.94. The Labute approximate surface area is 114 Å². The van der Waals surface area contributed by atoms with E-state index in [2.05, 4.69) is 0 Å². The Hall–Kier alpha value is -2.18. The van der Waals surface area contributed by atoms with Gasteiger partial charge in [0.25, 0.3) is 5.56 Å². The van der Waals surface area contributed by atoms with E-state index >= 15 is 0 Å². The lowest BCUT2D eigenvalue weighted by atomic mass is 10.1. The predicted molar refractivity (Wildman–Crippen MR) is 73.0 cm³/mol. The normalized spacial score (nSPS) is 12.6. The van der Waals surface area contributed by atoms with Crippen LogP contribution >= 0.6 is 0 Å². The van der Waals surface area contributed by atoms with Crippen LogP contribution in [0.5, 0.6) is 0 Å². The van der Waals surface area contributed by atoms with Gasteiger partial charge >= 0.3 is 5.97 Å². The van der Waals surface area contributed by atoms with Crippen molar-refractivity contribution >= 4 is 16.9 Å². The van der Waals surface area contributed by atoms with E-state index in [1.165, 1.54) is 22.8 Å². The first kappa shape index (κ1) is 14.2. The molecule has 0 amide bonds. The van der Waals surface area contributed by atoms with Gasteiger partial charge in [0.05, 0.1) is 30.3 Å². The molecule has 0 aliphatic carbocycles. The summed E-state index contributed by atoms with van der Waals surface area (Å²) in [5.74, 6) is -1.04. The quantitative estimate of drug-likeness (QED) is 0.749. The highest BCUT2D eigenvalue weighted by Crippen LogP contribution is 2.20. The summed E-state index contributed by atoms with van der Waals surface area (Å²) in [6.07, 6.45) is -1.04. The van der Waals surface area contributed by atoms with Crippen LogP contribution in [0.3, 0.4) is 0 Å². The van der Waals surface area contributed by atoms with Gasteiger partial charge in [0.2, 0.25) is 0 Å². The molecule has 2 aromatic rings. The Morgan fingerprint density at radius 3 is 2.65 bits per heavy atom. The summed E-state index contributed by atoms with van der Waals surface area (Å²) in [5.41, 5.74) is 1.02. The Morgan fingerprint density at radius 2 is 2.05 bits per heavy atom. The molecule has 2 rings (SSSR count). The molecular formula is C14H15NO5. The smallest absolute Gasteiger partial charge is 0.335 e. The molecule has 1 unspecified atom stereocenters. The zero-order chi connectivity index (χ0) is 14.9. The van der Waals surface area contributed by atoms with Gasteiger partial charge in [0.1, 0.15) is 0 Å². The molecule has 0 aliphatic rings. The third kappa shape index (κ3) is 2.56. The molecule has 1 aromatic carbocycles. The van der Waals surface area contributed by atoms with Crippen LogP contribution in [0.2, 0.25) is 0 Å². The number of aliphatic hydroxyl groups is 2. The fourth-order valence-electron chi connectivity index (χ4n) is 2.24. The largest absolute Gasteiger partial charge is 0.478 e. The second-order valence-corrected chi connectivity index (χ2v) is 4.65. The number of nitrogens with zero attached hydrogens (tertiary/aromatic N) is 1. The number of rotatable bonds is 4. The van der Waals surface area contributed by atoms with E-state index in [1.807, 2.05) is 0 Å². The summed E-state index contributed by atoms with van der Waals surface area (Å²) in [6.45, 7) is 1.21. The number of pyridine rings is 1. The van der Waals surface area contributed by atoms with Crippen LogP contribution in [0.15, 0.2) is 29.1 Å². The van der Waals surface area contributed by atoms with Gasteiger partial charge in [-0.15, -0.1) is 0 Å². The van der Waals surface area contributed by atoms with E-state index < -0.39 is 18.7 Å². The van der Waals surface area contributed by atoms with Crippen LogP contribution in [-0.2, 0) is 6.54 Å². The van der Waals surface area contributed by atoms with Crippen molar-refractivity contribution in [3.63, 3.8) is 0 Å². The maximum absolute atomic E-state index is 11.9. The number of carboxylic acid groups (broad SMARTS) is 1. The van der Waals surface area contributed by atoms with Crippen LogP contribution in [-0.4, -0.2) is 38.6 Å². The van der Waals surface area contributed by atoms with Gasteiger partial charge in [-0.2, -0.15) is 0 Å². The first-order valence-electron chi connectivity index (χ1n) is 6.10.